The SMILES string of the molecule is COc1nc(-c2ccc(C(F)(F)F)cc2)nc2cc(C(=O)NC(C)CO)ccc12. The van der Waals surface area contributed by atoms with Crippen molar-refractivity contribution in [1.82, 2.24) is 15.3 Å². The quantitative estimate of drug-likeness (QED) is 0.680. The van der Waals surface area contributed by atoms with Gasteiger partial charge in [-0.3, -0.25) is 4.79 Å². The summed E-state index contributed by atoms with van der Waals surface area (Å²) in [6, 6.07) is 8.79. The normalized spacial score (nSPS) is 12.6. The molecule has 1 atom stereocenters. The molecule has 0 radical (unpaired) electrons. The molecule has 3 aromatic rings. The van der Waals surface area contributed by atoms with Gasteiger partial charge in [0, 0.05) is 17.2 Å². The van der Waals surface area contributed by atoms with Gasteiger partial charge in [0.1, 0.15) is 0 Å². The van der Waals surface area contributed by atoms with Crippen LogP contribution in [0.3, 0.4) is 0 Å². The Balaban J connectivity index is 2.04. The Morgan fingerprint density at radius 2 is 1.86 bits per heavy atom. The lowest BCUT2D eigenvalue weighted by Gasteiger charge is -2.12. The minimum absolute atomic E-state index is 0.171. The molecule has 0 saturated heterocycles. The van der Waals surface area contributed by atoms with Crippen molar-refractivity contribution in [1.29, 1.82) is 0 Å². The predicted octanol–water partition coefficient (Wildman–Crippen LogP) is 3.43. The Kier molecular flexibility index (Phi) is 5.69. The summed E-state index contributed by atoms with van der Waals surface area (Å²) in [5.74, 6) is 0.0204. The Hall–Kier alpha value is -3.20. The van der Waals surface area contributed by atoms with E-state index in [2.05, 4.69) is 15.3 Å². The molecule has 0 saturated carbocycles. The van der Waals surface area contributed by atoms with E-state index in [1.54, 1.807) is 19.1 Å². The summed E-state index contributed by atoms with van der Waals surface area (Å²) < 4.78 is 43.6. The molecule has 0 fully saturated rings. The number of hydrogen-bond acceptors (Lipinski definition) is 5. The van der Waals surface area contributed by atoms with Gasteiger partial charge in [-0.05, 0) is 37.3 Å². The molecule has 1 unspecified atom stereocenters. The van der Waals surface area contributed by atoms with Gasteiger partial charge in [-0.2, -0.15) is 18.2 Å². The number of rotatable bonds is 5. The maximum Gasteiger partial charge on any atom is 0.416 e. The third-order valence-corrected chi connectivity index (χ3v) is 4.24. The third kappa shape index (κ3) is 4.45. The number of carbonyl (C=O) groups is 1. The maximum absolute atomic E-state index is 12.8. The molecule has 0 aliphatic carbocycles. The van der Waals surface area contributed by atoms with Crippen LogP contribution in [0.15, 0.2) is 42.5 Å². The molecule has 152 valence electrons. The van der Waals surface area contributed by atoms with Crippen LogP contribution in [-0.2, 0) is 6.18 Å². The molecule has 0 aliphatic rings. The number of aromatic nitrogens is 2. The van der Waals surface area contributed by atoms with E-state index >= 15 is 0 Å². The van der Waals surface area contributed by atoms with Crippen molar-refractivity contribution in [2.45, 2.75) is 19.1 Å². The fraction of sp³-hybridized carbons (Fsp3) is 0.250. The molecule has 3 rings (SSSR count). The summed E-state index contributed by atoms with van der Waals surface area (Å²) in [6.45, 7) is 1.46. The van der Waals surface area contributed by atoms with Gasteiger partial charge in [-0.25, -0.2) is 4.98 Å². The summed E-state index contributed by atoms with van der Waals surface area (Å²) in [4.78, 5) is 21.0. The fourth-order valence-electron chi connectivity index (χ4n) is 2.69. The van der Waals surface area contributed by atoms with Crippen molar-refractivity contribution in [2.75, 3.05) is 13.7 Å². The second kappa shape index (κ2) is 8.04. The van der Waals surface area contributed by atoms with Crippen LogP contribution in [0.25, 0.3) is 22.3 Å². The number of nitrogens with one attached hydrogen (secondary N) is 1. The fourth-order valence-corrected chi connectivity index (χ4v) is 2.69. The highest BCUT2D eigenvalue weighted by molar-refractivity contribution is 5.99. The van der Waals surface area contributed by atoms with Crippen molar-refractivity contribution in [3.8, 4) is 17.3 Å². The molecule has 0 spiro atoms. The zero-order valence-corrected chi connectivity index (χ0v) is 15.6. The van der Waals surface area contributed by atoms with E-state index in [1.165, 1.54) is 25.3 Å². The van der Waals surface area contributed by atoms with Crippen LogP contribution in [0.5, 0.6) is 5.88 Å². The first kappa shape index (κ1) is 20.5. The van der Waals surface area contributed by atoms with Gasteiger partial charge in [0.05, 0.1) is 30.2 Å². The molecule has 6 nitrogen and oxygen atoms in total. The van der Waals surface area contributed by atoms with E-state index in [4.69, 9.17) is 9.84 Å². The minimum atomic E-state index is -4.44. The number of hydrogen-bond donors (Lipinski definition) is 2. The number of amides is 1. The zero-order valence-electron chi connectivity index (χ0n) is 15.6. The number of alkyl halides is 3. The van der Waals surface area contributed by atoms with Crippen LogP contribution in [0.4, 0.5) is 13.2 Å². The number of nitrogens with zero attached hydrogens (tertiary/aromatic N) is 2. The number of aliphatic hydroxyl groups is 1. The number of fused-ring (bicyclic) bond motifs is 1. The van der Waals surface area contributed by atoms with Crippen LogP contribution in [0.1, 0.15) is 22.8 Å². The van der Waals surface area contributed by atoms with Gasteiger partial charge in [0.15, 0.2) is 5.82 Å². The molecule has 2 N–H and O–H groups in total. The average Bonchev–Trinajstić information content (AvgIpc) is 2.71. The van der Waals surface area contributed by atoms with Gasteiger partial charge < -0.3 is 15.2 Å². The summed E-state index contributed by atoms with van der Waals surface area (Å²) in [6.07, 6.45) is -4.44. The lowest BCUT2D eigenvalue weighted by molar-refractivity contribution is -0.137. The number of ether oxygens (including phenoxy) is 1. The number of methoxy groups -OCH3 is 1. The number of halogens is 3. The highest BCUT2D eigenvalue weighted by atomic mass is 19.4. The number of aliphatic hydroxyl groups excluding tert-OH is 1. The highest BCUT2D eigenvalue weighted by Crippen LogP contribution is 2.32. The van der Waals surface area contributed by atoms with E-state index in [1.807, 2.05) is 0 Å². The van der Waals surface area contributed by atoms with Gasteiger partial charge in [-0.15, -0.1) is 0 Å². The van der Waals surface area contributed by atoms with Crippen molar-refractivity contribution in [3.05, 3.63) is 53.6 Å². The zero-order chi connectivity index (χ0) is 21.2. The van der Waals surface area contributed by atoms with Gasteiger partial charge in [0.2, 0.25) is 5.88 Å². The second-order valence-corrected chi connectivity index (χ2v) is 6.42. The summed E-state index contributed by atoms with van der Waals surface area (Å²) >= 11 is 0. The summed E-state index contributed by atoms with van der Waals surface area (Å²) in [5, 5.41) is 12.3. The first-order valence-corrected chi connectivity index (χ1v) is 8.68. The molecule has 9 heteroatoms. The summed E-state index contributed by atoms with van der Waals surface area (Å²) in [7, 11) is 1.42. The predicted molar refractivity (Wildman–Crippen MR) is 101 cm³/mol. The monoisotopic (exact) mass is 405 g/mol. The standard InChI is InChI=1S/C20H18F3N3O3/c1-11(10-27)24-18(28)13-5-8-15-16(9-13)25-17(26-19(15)29-2)12-3-6-14(7-4-12)20(21,22)23/h3-9,11,27H,10H2,1-2H3,(H,24,28). The molecule has 0 bridgehead atoms. The van der Waals surface area contributed by atoms with Crippen molar-refractivity contribution >= 4 is 16.8 Å². The van der Waals surface area contributed by atoms with Crippen molar-refractivity contribution < 1.29 is 27.8 Å². The van der Waals surface area contributed by atoms with Crippen molar-refractivity contribution in [2.24, 2.45) is 0 Å². The van der Waals surface area contributed by atoms with Crippen LogP contribution >= 0.6 is 0 Å². The topological polar surface area (TPSA) is 84.3 Å². The number of carbonyl (C=O) groups excluding carboxylic acids is 1. The molecule has 2 aromatic carbocycles. The molecular formula is C20H18F3N3O3. The van der Waals surface area contributed by atoms with Crippen LogP contribution in [0.2, 0.25) is 0 Å². The lowest BCUT2D eigenvalue weighted by Crippen LogP contribution is -2.34. The second-order valence-electron chi connectivity index (χ2n) is 6.42. The summed E-state index contributed by atoms with van der Waals surface area (Å²) in [5.41, 5.74) is 0.320. The largest absolute Gasteiger partial charge is 0.480 e. The number of benzene rings is 2. The maximum atomic E-state index is 12.8. The highest BCUT2D eigenvalue weighted by Gasteiger charge is 2.30. The Bertz CT molecular complexity index is 1040. The minimum Gasteiger partial charge on any atom is -0.480 e. The molecule has 0 aliphatic heterocycles. The Morgan fingerprint density at radius 1 is 1.17 bits per heavy atom. The van der Waals surface area contributed by atoms with Crippen LogP contribution in [-0.4, -0.2) is 40.7 Å². The van der Waals surface area contributed by atoms with Crippen LogP contribution < -0.4 is 10.1 Å². The molecule has 1 heterocycles. The average molecular weight is 405 g/mol. The Morgan fingerprint density at radius 3 is 2.45 bits per heavy atom. The van der Waals surface area contributed by atoms with E-state index < -0.39 is 17.8 Å². The van der Waals surface area contributed by atoms with Gasteiger partial charge >= 0.3 is 6.18 Å². The Labute approximate surface area is 164 Å². The van der Waals surface area contributed by atoms with E-state index in [9.17, 15) is 18.0 Å². The van der Waals surface area contributed by atoms with Crippen LogP contribution in [0, 0.1) is 0 Å². The molecule has 29 heavy (non-hydrogen) atoms. The van der Waals surface area contributed by atoms with Gasteiger partial charge in [0.25, 0.3) is 5.91 Å². The lowest BCUT2D eigenvalue weighted by atomic mass is 10.1. The third-order valence-electron chi connectivity index (χ3n) is 4.24. The smallest absolute Gasteiger partial charge is 0.416 e. The van der Waals surface area contributed by atoms with Gasteiger partial charge in [-0.1, -0.05) is 12.1 Å². The van der Waals surface area contributed by atoms with E-state index in [-0.39, 0.29) is 24.2 Å². The first-order valence-electron chi connectivity index (χ1n) is 8.68. The van der Waals surface area contributed by atoms with E-state index in [0.717, 1.165) is 12.1 Å². The first-order chi connectivity index (χ1) is 13.7. The molecular weight excluding hydrogens is 387 g/mol. The molecule has 1 amide bonds. The molecule has 1 aromatic heterocycles. The van der Waals surface area contributed by atoms with E-state index in [0.29, 0.717) is 22.0 Å². The van der Waals surface area contributed by atoms with Crippen molar-refractivity contribution in [3.63, 3.8) is 0 Å².